The molecule has 106 valence electrons. The van der Waals surface area contributed by atoms with Crippen LogP contribution >= 0.6 is 0 Å². The van der Waals surface area contributed by atoms with Gasteiger partial charge in [-0.05, 0) is 44.0 Å². The topological polar surface area (TPSA) is 12.0 Å². The van der Waals surface area contributed by atoms with Crippen LogP contribution in [0.15, 0.2) is 42.5 Å². The maximum absolute atomic E-state index is 13.7. The Balaban J connectivity index is 1.94. The van der Waals surface area contributed by atoms with Gasteiger partial charge in [0.15, 0.2) is 11.6 Å². The molecule has 1 nitrogen and oxygen atoms in total. The maximum atomic E-state index is 13.7. The van der Waals surface area contributed by atoms with E-state index in [2.05, 4.69) is 24.4 Å². The summed E-state index contributed by atoms with van der Waals surface area (Å²) in [7, 11) is 0. The zero-order valence-electron chi connectivity index (χ0n) is 11.8. The first-order valence-electron chi connectivity index (χ1n) is 6.81. The van der Waals surface area contributed by atoms with Crippen molar-refractivity contribution < 1.29 is 8.78 Å². The molecule has 1 unspecified atom stereocenters. The van der Waals surface area contributed by atoms with E-state index in [9.17, 15) is 8.78 Å². The Morgan fingerprint density at radius 1 is 1.05 bits per heavy atom. The molecule has 2 aromatic carbocycles. The third-order valence-corrected chi connectivity index (χ3v) is 3.55. The lowest BCUT2D eigenvalue weighted by molar-refractivity contribution is 0.474. The fourth-order valence-corrected chi connectivity index (χ4v) is 2.28. The van der Waals surface area contributed by atoms with Crippen molar-refractivity contribution >= 4 is 0 Å². The molecule has 0 spiro atoms. The number of benzene rings is 2. The molecule has 0 fully saturated rings. The summed E-state index contributed by atoms with van der Waals surface area (Å²) in [5.41, 5.74) is 2.89. The minimum absolute atomic E-state index is 0.213. The van der Waals surface area contributed by atoms with Gasteiger partial charge in [0.2, 0.25) is 0 Å². The van der Waals surface area contributed by atoms with Gasteiger partial charge in [-0.2, -0.15) is 0 Å². The highest BCUT2D eigenvalue weighted by Crippen LogP contribution is 2.19. The van der Waals surface area contributed by atoms with Crippen LogP contribution in [-0.4, -0.2) is 6.54 Å². The molecule has 1 atom stereocenters. The number of aryl methyl sites for hydroxylation is 1. The third-order valence-electron chi connectivity index (χ3n) is 3.55. The molecule has 0 saturated heterocycles. The molecule has 2 rings (SSSR count). The number of rotatable bonds is 5. The molecule has 0 bridgehead atoms. The average Bonchev–Trinajstić information content (AvgIpc) is 2.44. The summed E-state index contributed by atoms with van der Waals surface area (Å²) in [6.07, 6.45) is 0.869. The van der Waals surface area contributed by atoms with Crippen molar-refractivity contribution in [2.75, 3.05) is 6.54 Å². The summed E-state index contributed by atoms with van der Waals surface area (Å²) >= 11 is 0. The highest BCUT2D eigenvalue weighted by Gasteiger charge is 2.13. The van der Waals surface area contributed by atoms with Gasteiger partial charge in [-0.15, -0.1) is 0 Å². The van der Waals surface area contributed by atoms with E-state index >= 15 is 0 Å². The van der Waals surface area contributed by atoms with E-state index in [1.807, 2.05) is 19.1 Å². The molecule has 2 aromatic rings. The van der Waals surface area contributed by atoms with Gasteiger partial charge in [0.05, 0.1) is 0 Å². The maximum Gasteiger partial charge on any atom is 0.163 e. The Bertz CT molecular complexity index is 581. The number of hydrogen-bond acceptors (Lipinski definition) is 1. The monoisotopic (exact) mass is 275 g/mol. The first-order chi connectivity index (χ1) is 9.59. The van der Waals surface area contributed by atoms with Gasteiger partial charge in [0.1, 0.15) is 0 Å². The highest BCUT2D eigenvalue weighted by molar-refractivity contribution is 5.26. The Kier molecular flexibility index (Phi) is 4.85. The van der Waals surface area contributed by atoms with Crippen molar-refractivity contribution in [1.82, 2.24) is 5.32 Å². The second kappa shape index (κ2) is 6.62. The molecule has 3 heteroatoms. The summed E-state index contributed by atoms with van der Waals surface area (Å²) in [5.74, 6) is -1.56. The molecular weight excluding hydrogens is 256 g/mol. The largest absolute Gasteiger partial charge is 0.310 e. The lowest BCUT2D eigenvalue weighted by Crippen LogP contribution is -2.22. The smallest absolute Gasteiger partial charge is 0.163 e. The van der Waals surface area contributed by atoms with Gasteiger partial charge in [-0.1, -0.05) is 36.4 Å². The predicted molar refractivity (Wildman–Crippen MR) is 77.7 cm³/mol. The van der Waals surface area contributed by atoms with E-state index in [1.54, 1.807) is 6.07 Å². The zero-order valence-corrected chi connectivity index (χ0v) is 11.8. The van der Waals surface area contributed by atoms with Crippen LogP contribution in [0.25, 0.3) is 0 Å². The van der Waals surface area contributed by atoms with Gasteiger partial charge in [0, 0.05) is 11.6 Å². The van der Waals surface area contributed by atoms with Gasteiger partial charge in [-0.25, -0.2) is 8.78 Å². The van der Waals surface area contributed by atoms with Gasteiger partial charge in [0.25, 0.3) is 0 Å². The zero-order chi connectivity index (χ0) is 14.5. The fourth-order valence-electron chi connectivity index (χ4n) is 2.28. The van der Waals surface area contributed by atoms with Crippen LogP contribution in [0.5, 0.6) is 0 Å². The summed E-state index contributed by atoms with van der Waals surface area (Å²) in [4.78, 5) is 0. The molecule has 0 aliphatic carbocycles. The van der Waals surface area contributed by atoms with Crippen molar-refractivity contribution in [3.8, 4) is 0 Å². The molecule has 0 aliphatic rings. The number of hydrogen-bond donors (Lipinski definition) is 1. The lowest BCUT2D eigenvalue weighted by Gasteiger charge is -2.15. The SMILES string of the molecule is Cc1ccccc1CCNC(C)c1cccc(F)c1F. The Labute approximate surface area is 118 Å². The Hall–Kier alpha value is -1.74. The van der Waals surface area contributed by atoms with Gasteiger partial charge >= 0.3 is 0 Å². The van der Waals surface area contributed by atoms with Crippen LogP contribution < -0.4 is 5.32 Å². The van der Waals surface area contributed by atoms with E-state index in [1.165, 1.54) is 17.2 Å². The molecule has 0 radical (unpaired) electrons. The van der Waals surface area contributed by atoms with Crippen LogP contribution in [0.3, 0.4) is 0 Å². The molecular formula is C17H19F2N. The summed E-state index contributed by atoms with van der Waals surface area (Å²) < 4.78 is 26.8. The molecule has 0 saturated carbocycles. The molecule has 0 heterocycles. The third kappa shape index (κ3) is 3.42. The Morgan fingerprint density at radius 2 is 1.80 bits per heavy atom. The summed E-state index contributed by atoms with van der Waals surface area (Å²) in [6, 6.07) is 12.3. The van der Waals surface area contributed by atoms with Gasteiger partial charge < -0.3 is 5.32 Å². The molecule has 20 heavy (non-hydrogen) atoms. The minimum atomic E-state index is -0.796. The normalized spacial score (nSPS) is 12.4. The van der Waals surface area contributed by atoms with Crippen LogP contribution in [-0.2, 0) is 6.42 Å². The molecule has 1 N–H and O–H groups in total. The van der Waals surface area contributed by atoms with Gasteiger partial charge in [-0.3, -0.25) is 0 Å². The quantitative estimate of drug-likeness (QED) is 0.863. The minimum Gasteiger partial charge on any atom is -0.310 e. The van der Waals surface area contributed by atoms with E-state index in [0.29, 0.717) is 5.56 Å². The van der Waals surface area contributed by atoms with Crippen molar-refractivity contribution in [2.24, 2.45) is 0 Å². The first kappa shape index (κ1) is 14.7. The van der Waals surface area contributed by atoms with Crippen molar-refractivity contribution in [3.63, 3.8) is 0 Å². The van der Waals surface area contributed by atoms with Crippen molar-refractivity contribution in [3.05, 3.63) is 70.8 Å². The predicted octanol–water partition coefficient (Wildman–Crippen LogP) is 4.17. The molecule has 0 aliphatic heterocycles. The van der Waals surface area contributed by atoms with E-state index in [0.717, 1.165) is 19.0 Å². The van der Waals surface area contributed by atoms with Crippen molar-refractivity contribution in [2.45, 2.75) is 26.3 Å². The summed E-state index contributed by atoms with van der Waals surface area (Å²) in [6.45, 7) is 4.64. The molecule has 0 aromatic heterocycles. The fraction of sp³-hybridized carbons (Fsp3) is 0.294. The van der Waals surface area contributed by atoms with E-state index in [4.69, 9.17) is 0 Å². The number of nitrogens with one attached hydrogen (secondary N) is 1. The second-order valence-electron chi connectivity index (χ2n) is 5.00. The Morgan fingerprint density at radius 3 is 2.55 bits per heavy atom. The number of halogens is 2. The average molecular weight is 275 g/mol. The van der Waals surface area contributed by atoms with Crippen molar-refractivity contribution in [1.29, 1.82) is 0 Å². The van der Waals surface area contributed by atoms with E-state index in [-0.39, 0.29) is 6.04 Å². The van der Waals surface area contributed by atoms with Crippen LogP contribution in [0.2, 0.25) is 0 Å². The first-order valence-corrected chi connectivity index (χ1v) is 6.81. The van der Waals surface area contributed by atoms with Crippen LogP contribution in [0.4, 0.5) is 8.78 Å². The lowest BCUT2D eigenvalue weighted by atomic mass is 10.0. The van der Waals surface area contributed by atoms with Crippen LogP contribution in [0, 0.1) is 18.6 Å². The highest BCUT2D eigenvalue weighted by atomic mass is 19.2. The summed E-state index contributed by atoms with van der Waals surface area (Å²) in [5, 5.41) is 3.24. The molecule has 0 amide bonds. The standard InChI is InChI=1S/C17H19F2N/c1-12-6-3-4-7-14(12)10-11-20-13(2)15-8-5-9-16(18)17(15)19/h3-9,13,20H,10-11H2,1-2H3. The van der Waals surface area contributed by atoms with Crippen LogP contribution in [0.1, 0.15) is 29.7 Å². The second-order valence-corrected chi connectivity index (χ2v) is 5.00. The van der Waals surface area contributed by atoms with E-state index < -0.39 is 11.6 Å².